The molecule has 0 radical (unpaired) electrons. The van der Waals surface area contributed by atoms with Crippen LogP contribution in [0.1, 0.15) is 26.2 Å². The standard InChI is InChI=1S/C9H19NO3/c1-2-13-8-4-6-10-9(12)5-3-7-11/h11H,2-8H2,1H3,(H,10,12). The summed E-state index contributed by atoms with van der Waals surface area (Å²) in [6, 6.07) is 0. The van der Waals surface area contributed by atoms with Crippen LogP contribution in [0, 0.1) is 0 Å². The molecule has 0 atom stereocenters. The first-order chi connectivity index (χ1) is 6.31. The quantitative estimate of drug-likeness (QED) is 0.540. The van der Waals surface area contributed by atoms with Gasteiger partial charge in [0.25, 0.3) is 0 Å². The highest BCUT2D eigenvalue weighted by Gasteiger charge is 1.98. The van der Waals surface area contributed by atoms with E-state index in [-0.39, 0.29) is 12.5 Å². The highest BCUT2D eigenvalue weighted by Crippen LogP contribution is 1.87. The van der Waals surface area contributed by atoms with E-state index in [0.29, 0.717) is 26.0 Å². The summed E-state index contributed by atoms with van der Waals surface area (Å²) < 4.78 is 5.11. The minimum absolute atomic E-state index is 0.00514. The zero-order valence-electron chi connectivity index (χ0n) is 8.21. The number of ether oxygens (including phenoxy) is 1. The van der Waals surface area contributed by atoms with Gasteiger partial charge < -0.3 is 15.2 Å². The van der Waals surface area contributed by atoms with Crippen LogP contribution in [-0.2, 0) is 9.53 Å². The van der Waals surface area contributed by atoms with E-state index in [4.69, 9.17) is 9.84 Å². The molecular weight excluding hydrogens is 170 g/mol. The van der Waals surface area contributed by atoms with E-state index >= 15 is 0 Å². The Kier molecular flexibility index (Phi) is 9.03. The van der Waals surface area contributed by atoms with Gasteiger partial charge in [0.15, 0.2) is 0 Å². The molecule has 0 heterocycles. The van der Waals surface area contributed by atoms with Gasteiger partial charge in [-0.05, 0) is 19.8 Å². The fourth-order valence-electron chi connectivity index (χ4n) is 0.874. The summed E-state index contributed by atoms with van der Waals surface area (Å²) in [5.41, 5.74) is 0. The third-order valence-corrected chi connectivity index (χ3v) is 1.55. The second kappa shape index (κ2) is 9.48. The minimum atomic E-state index is 0.00514. The Balaban J connectivity index is 3.08. The van der Waals surface area contributed by atoms with Crippen molar-refractivity contribution in [3.05, 3.63) is 0 Å². The predicted molar refractivity (Wildman–Crippen MR) is 50.4 cm³/mol. The predicted octanol–water partition coefficient (Wildman–Crippen LogP) is 0.302. The van der Waals surface area contributed by atoms with Crippen molar-refractivity contribution in [3.8, 4) is 0 Å². The molecule has 0 aliphatic heterocycles. The van der Waals surface area contributed by atoms with Crippen LogP contribution in [-0.4, -0.2) is 37.4 Å². The van der Waals surface area contributed by atoms with Crippen molar-refractivity contribution in [2.75, 3.05) is 26.4 Å². The van der Waals surface area contributed by atoms with Crippen molar-refractivity contribution >= 4 is 5.91 Å². The zero-order chi connectivity index (χ0) is 9.94. The fraction of sp³-hybridized carbons (Fsp3) is 0.889. The third kappa shape index (κ3) is 9.30. The number of amides is 1. The molecule has 13 heavy (non-hydrogen) atoms. The average Bonchev–Trinajstić information content (AvgIpc) is 2.14. The maximum Gasteiger partial charge on any atom is 0.220 e. The average molecular weight is 189 g/mol. The topological polar surface area (TPSA) is 58.6 Å². The summed E-state index contributed by atoms with van der Waals surface area (Å²) in [6.07, 6.45) is 1.79. The van der Waals surface area contributed by atoms with Gasteiger partial charge in [-0.3, -0.25) is 4.79 Å². The van der Waals surface area contributed by atoms with Crippen LogP contribution in [0.25, 0.3) is 0 Å². The third-order valence-electron chi connectivity index (χ3n) is 1.55. The van der Waals surface area contributed by atoms with Crippen LogP contribution in [0.4, 0.5) is 0 Å². The molecule has 0 aliphatic carbocycles. The van der Waals surface area contributed by atoms with Gasteiger partial charge in [0, 0.05) is 32.8 Å². The Morgan fingerprint density at radius 3 is 2.85 bits per heavy atom. The van der Waals surface area contributed by atoms with Gasteiger partial charge in [0.2, 0.25) is 5.91 Å². The first kappa shape index (κ1) is 12.4. The lowest BCUT2D eigenvalue weighted by atomic mass is 10.3. The molecule has 0 saturated carbocycles. The Morgan fingerprint density at radius 2 is 2.23 bits per heavy atom. The smallest absolute Gasteiger partial charge is 0.220 e. The summed E-state index contributed by atoms with van der Waals surface area (Å²) in [5, 5.41) is 11.2. The van der Waals surface area contributed by atoms with Gasteiger partial charge in [-0.1, -0.05) is 0 Å². The molecule has 0 fully saturated rings. The number of aliphatic hydroxyl groups excluding tert-OH is 1. The van der Waals surface area contributed by atoms with Crippen LogP contribution < -0.4 is 5.32 Å². The SMILES string of the molecule is CCOCCCNC(=O)CCCO. The highest BCUT2D eigenvalue weighted by molar-refractivity contribution is 5.75. The van der Waals surface area contributed by atoms with Gasteiger partial charge in [-0.2, -0.15) is 0 Å². The molecule has 0 saturated heterocycles. The molecule has 1 amide bonds. The van der Waals surface area contributed by atoms with E-state index in [1.165, 1.54) is 0 Å². The number of carbonyl (C=O) groups excluding carboxylic acids is 1. The molecular formula is C9H19NO3. The molecule has 0 aromatic rings. The maximum atomic E-state index is 11.0. The highest BCUT2D eigenvalue weighted by atomic mass is 16.5. The first-order valence-electron chi connectivity index (χ1n) is 4.76. The van der Waals surface area contributed by atoms with E-state index in [2.05, 4.69) is 5.32 Å². The van der Waals surface area contributed by atoms with E-state index in [0.717, 1.165) is 13.0 Å². The van der Waals surface area contributed by atoms with E-state index in [9.17, 15) is 4.79 Å². The van der Waals surface area contributed by atoms with E-state index < -0.39 is 0 Å². The molecule has 4 nitrogen and oxygen atoms in total. The molecule has 78 valence electrons. The van der Waals surface area contributed by atoms with Gasteiger partial charge in [-0.15, -0.1) is 0 Å². The largest absolute Gasteiger partial charge is 0.396 e. The number of hydrogen-bond donors (Lipinski definition) is 2. The monoisotopic (exact) mass is 189 g/mol. The second-order valence-corrected chi connectivity index (χ2v) is 2.73. The zero-order valence-corrected chi connectivity index (χ0v) is 8.21. The molecule has 0 bridgehead atoms. The molecule has 0 aliphatic rings. The molecule has 0 rings (SSSR count). The number of hydrogen-bond acceptors (Lipinski definition) is 3. The number of rotatable bonds is 8. The molecule has 0 aromatic carbocycles. The minimum Gasteiger partial charge on any atom is -0.396 e. The normalized spacial score (nSPS) is 10.0. The van der Waals surface area contributed by atoms with Crippen LogP contribution in [0.3, 0.4) is 0 Å². The lowest BCUT2D eigenvalue weighted by Gasteiger charge is -2.04. The number of nitrogens with one attached hydrogen (secondary N) is 1. The van der Waals surface area contributed by atoms with E-state index in [1.54, 1.807) is 0 Å². The van der Waals surface area contributed by atoms with Gasteiger partial charge in [0.1, 0.15) is 0 Å². The number of aliphatic hydroxyl groups is 1. The van der Waals surface area contributed by atoms with Crippen LogP contribution in [0.2, 0.25) is 0 Å². The molecule has 0 spiro atoms. The van der Waals surface area contributed by atoms with Crippen LogP contribution in [0.15, 0.2) is 0 Å². The summed E-state index contributed by atoms with van der Waals surface area (Å²) in [6.45, 7) is 4.09. The summed E-state index contributed by atoms with van der Waals surface area (Å²) in [7, 11) is 0. The van der Waals surface area contributed by atoms with Crippen molar-refractivity contribution in [3.63, 3.8) is 0 Å². The maximum absolute atomic E-state index is 11.0. The van der Waals surface area contributed by atoms with Crippen molar-refractivity contribution in [1.29, 1.82) is 0 Å². The lowest BCUT2D eigenvalue weighted by molar-refractivity contribution is -0.121. The van der Waals surface area contributed by atoms with Crippen molar-refractivity contribution in [2.24, 2.45) is 0 Å². The molecule has 2 N–H and O–H groups in total. The summed E-state index contributed by atoms with van der Waals surface area (Å²) in [4.78, 5) is 11.0. The second-order valence-electron chi connectivity index (χ2n) is 2.73. The molecule has 0 unspecified atom stereocenters. The van der Waals surface area contributed by atoms with Crippen LogP contribution in [0.5, 0.6) is 0 Å². The van der Waals surface area contributed by atoms with Crippen molar-refractivity contribution in [1.82, 2.24) is 5.32 Å². The summed E-state index contributed by atoms with van der Waals surface area (Å²) >= 11 is 0. The first-order valence-corrected chi connectivity index (χ1v) is 4.76. The Morgan fingerprint density at radius 1 is 1.46 bits per heavy atom. The Labute approximate surface area is 79.3 Å². The fourth-order valence-corrected chi connectivity index (χ4v) is 0.874. The van der Waals surface area contributed by atoms with Crippen molar-refractivity contribution in [2.45, 2.75) is 26.2 Å². The summed E-state index contributed by atoms with van der Waals surface area (Å²) in [5.74, 6) is 0.00514. The van der Waals surface area contributed by atoms with Crippen LogP contribution >= 0.6 is 0 Å². The van der Waals surface area contributed by atoms with Gasteiger partial charge in [0.05, 0.1) is 0 Å². The van der Waals surface area contributed by atoms with Gasteiger partial charge in [-0.25, -0.2) is 0 Å². The molecule has 4 heteroatoms. The number of carbonyl (C=O) groups is 1. The van der Waals surface area contributed by atoms with E-state index in [1.807, 2.05) is 6.92 Å². The Bertz CT molecular complexity index is 128. The Hall–Kier alpha value is -0.610. The van der Waals surface area contributed by atoms with Gasteiger partial charge >= 0.3 is 0 Å². The lowest BCUT2D eigenvalue weighted by Crippen LogP contribution is -2.25. The molecule has 0 aromatic heterocycles. The van der Waals surface area contributed by atoms with Crippen molar-refractivity contribution < 1.29 is 14.6 Å².